The smallest absolute Gasteiger partial charge is 0.395 e. The van der Waals surface area contributed by atoms with Crippen LogP contribution in [0.5, 0.6) is 5.75 Å². The summed E-state index contributed by atoms with van der Waals surface area (Å²) in [5.74, 6) is -4.52. The number of anilines is 2. The fourth-order valence-electron chi connectivity index (χ4n) is 4.31. The summed E-state index contributed by atoms with van der Waals surface area (Å²) < 4.78 is 5.14. The molecule has 0 spiro atoms. The van der Waals surface area contributed by atoms with Gasteiger partial charge in [0.05, 0.1) is 24.0 Å². The number of rotatable bonds is 11. The number of benzene rings is 3. The molecule has 3 aromatic carbocycles. The van der Waals surface area contributed by atoms with Crippen molar-refractivity contribution in [3.63, 3.8) is 0 Å². The van der Waals surface area contributed by atoms with E-state index >= 15 is 0 Å². The lowest BCUT2D eigenvalue weighted by Crippen LogP contribution is -2.47. The van der Waals surface area contributed by atoms with E-state index in [1.807, 2.05) is 12.1 Å². The minimum Gasteiger partial charge on any atom is -0.497 e. The molecule has 0 saturated carbocycles. The second-order valence-electron chi connectivity index (χ2n) is 9.11. The zero-order chi connectivity index (χ0) is 30.1. The number of carboxylic acids is 2. The molecule has 11 heteroatoms. The lowest BCUT2D eigenvalue weighted by molar-refractivity contribution is -0.148. The Kier molecular flexibility index (Phi) is 10.2. The molecule has 0 aliphatic rings. The molecular weight excluding hydrogens is 530 g/mol. The molecule has 0 bridgehead atoms. The molecule has 3 aromatic rings. The number of nitrogens with zero attached hydrogens (tertiary/aromatic N) is 1. The maximum atomic E-state index is 13.0. The van der Waals surface area contributed by atoms with Crippen molar-refractivity contribution < 1.29 is 38.9 Å². The zero-order valence-corrected chi connectivity index (χ0v) is 22.8. The van der Waals surface area contributed by atoms with E-state index in [0.717, 1.165) is 10.5 Å². The lowest BCUT2D eigenvalue weighted by atomic mass is 9.99. The Morgan fingerprint density at radius 2 is 1.56 bits per heavy atom. The highest BCUT2D eigenvalue weighted by molar-refractivity contribution is 6.39. The summed E-state index contributed by atoms with van der Waals surface area (Å²) in [7, 11) is 1.56. The van der Waals surface area contributed by atoms with Gasteiger partial charge in [-0.3, -0.25) is 19.3 Å². The number of hydrogen-bond donors (Lipinski definition) is 4. The van der Waals surface area contributed by atoms with Gasteiger partial charge in [-0.2, -0.15) is 0 Å². The van der Waals surface area contributed by atoms with Crippen LogP contribution < -0.4 is 20.3 Å². The minimum absolute atomic E-state index is 0.0936. The van der Waals surface area contributed by atoms with E-state index in [0.29, 0.717) is 23.3 Å². The molecule has 0 unspecified atom stereocenters. The van der Waals surface area contributed by atoms with Crippen LogP contribution in [0.2, 0.25) is 0 Å². The van der Waals surface area contributed by atoms with Crippen LogP contribution >= 0.6 is 0 Å². The van der Waals surface area contributed by atoms with Crippen molar-refractivity contribution in [1.82, 2.24) is 10.6 Å². The minimum atomic E-state index is -1.75. The average Bonchev–Trinajstić information content (AvgIpc) is 2.96. The number of carboxylic acid groups (broad SMARTS) is 2. The van der Waals surface area contributed by atoms with E-state index in [2.05, 4.69) is 10.6 Å². The number of aromatic carboxylic acids is 1. The van der Waals surface area contributed by atoms with Crippen LogP contribution in [-0.4, -0.2) is 53.0 Å². The molecule has 4 N–H and O–H groups in total. The maximum Gasteiger partial charge on any atom is 0.395 e. The summed E-state index contributed by atoms with van der Waals surface area (Å²) >= 11 is 0. The van der Waals surface area contributed by atoms with E-state index in [1.54, 1.807) is 38.3 Å². The van der Waals surface area contributed by atoms with Crippen molar-refractivity contribution in [3.05, 3.63) is 89.0 Å². The number of carbonyl (C=O) groups is 5. The highest BCUT2D eigenvalue weighted by Crippen LogP contribution is 2.33. The third-order valence-electron chi connectivity index (χ3n) is 6.29. The van der Waals surface area contributed by atoms with Crippen LogP contribution in [0.15, 0.2) is 66.7 Å². The first kappa shape index (κ1) is 30.4. The molecule has 3 rings (SSSR count). The molecule has 0 heterocycles. The second kappa shape index (κ2) is 13.7. The first-order valence-electron chi connectivity index (χ1n) is 12.7. The van der Waals surface area contributed by atoms with Gasteiger partial charge in [0, 0.05) is 19.9 Å². The monoisotopic (exact) mass is 561 g/mol. The van der Waals surface area contributed by atoms with Gasteiger partial charge >= 0.3 is 17.8 Å². The average molecular weight is 562 g/mol. The molecule has 0 aliphatic heterocycles. The number of nitrogens with one attached hydrogen (secondary N) is 2. The third-order valence-corrected chi connectivity index (χ3v) is 6.29. The van der Waals surface area contributed by atoms with Crippen LogP contribution in [0.3, 0.4) is 0 Å². The molecule has 11 nitrogen and oxygen atoms in total. The molecular formula is C30H31N3O8. The summed E-state index contributed by atoms with van der Waals surface area (Å²) in [6, 6.07) is 16.7. The molecule has 41 heavy (non-hydrogen) atoms. The third kappa shape index (κ3) is 7.69. The molecule has 0 fully saturated rings. The number of methoxy groups -OCH3 is 1. The predicted molar refractivity (Wildman–Crippen MR) is 150 cm³/mol. The number of ether oxygens (including phenoxy) is 1. The normalized spacial score (nSPS) is 11.2. The Morgan fingerprint density at radius 1 is 0.902 bits per heavy atom. The summed E-state index contributed by atoms with van der Waals surface area (Å²) in [4.78, 5) is 62.2. The van der Waals surface area contributed by atoms with Crippen molar-refractivity contribution in [1.29, 1.82) is 0 Å². The summed E-state index contributed by atoms with van der Waals surface area (Å²) in [6.45, 7) is 3.33. The van der Waals surface area contributed by atoms with Crippen LogP contribution in [0.4, 0.5) is 11.4 Å². The van der Waals surface area contributed by atoms with Crippen LogP contribution in [0.25, 0.3) is 0 Å². The molecule has 1 atom stereocenters. The number of aliphatic carboxylic acids is 1. The van der Waals surface area contributed by atoms with Gasteiger partial charge in [-0.25, -0.2) is 9.59 Å². The van der Waals surface area contributed by atoms with E-state index in [-0.39, 0.29) is 29.9 Å². The van der Waals surface area contributed by atoms with Crippen LogP contribution in [0, 0.1) is 0 Å². The summed E-state index contributed by atoms with van der Waals surface area (Å²) in [5.41, 5.74) is 1.87. The van der Waals surface area contributed by atoms with Gasteiger partial charge in [-0.15, -0.1) is 0 Å². The quantitative estimate of drug-likeness (QED) is 0.260. The fourth-order valence-corrected chi connectivity index (χ4v) is 4.31. The van der Waals surface area contributed by atoms with Gasteiger partial charge in [0.2, 0.25) is 11.8 Å². The molecule has 214 valence electrons. The van der Waals surface area contributed by atoms with Crippen molar-refractivity contribution in [2.75, 3.05) is 12.0 Å². The number of amides is 3. The SMILES string of the molecule is CCc1cc(C[C@H](NC(C)=O)C(=O)NCc2ccc(OC)cc2)ccc1N(C(=O)C(=O)O)c1ccccc1C(=O)O. The maximum absolute atomic E-state index is 13.0. The Bertz CT molecular complexity index is 1450. The molecule has 0 radical (unpaired) electrons. The van der Waals surface area contributed by atoms with Crippen LogP contribution in [-0.2, 0) is 38.6 Å². The summed E-state index contributed by atoms with van der Waals surface area (Å²) in [5, 5.41) is 24.6. The lowest BCUT2D eigenvalue weighted by Gasteiger charge is -2.26. The van der Waals surface area contributed by atoms with E-state index in [9.17, 15) is 34.2 Å². The fraction of sp³-hybridized carbons (Fsp3) is 0.233. The van der Waals surface area contributed by atoms with Gasteiger partial charge in [0.25, 0.3) is 0 Å². The van der Waals surface area contributed by atoms with Gasteiger partial charge in [-0.1, -0.05) is 43.3 Å². The van der Waals surface area contributed by atoms with Gasteiger partial charge in [0.15, 0.2) is 0 Å². The van der Waals surface area contributed by atoms with Gasteiger partial charge < -0.3 is 25.6 Å². The number of carbonyl (C=O) groups excluding carboxylic acids is 3. The van der Waals surface area contributed by atoms with Crippen molar-refractivity contribution in [3.8, 4) is 5.75 Å². The highest BCUT2D eigenvalue weighted by Gasteiger charge is 2.30. The topological polar surface area (TPSA) is 162 Å². The standard InChI is InChI=1S/C30H31N3O8/c1-4-21-15-20(16-24(32-18(2)34)27(35)31-17-19-9-12-22(41-3)13-10-19)11-14-25(21)33(28(36)30(39)40)26-8-6-5-7-23(26)29(37)38/h5-15,24H,4,16-17H2,1-3H3,(H,31,35)(H,32,34)(H,37,38)(H,39,40)/t24-/m0/s1. The Labute approximate surface area is 236 Å². The number of hydrogen-bond acceptors (Lipinski definition) is 6. The second-order valence-corrected chi connectivity index (χ2v) is 9.11. The van der Waals surface area contributed by atoms with Crippen molar-refractivity contribution in [2.45, 2.75) is 39.3 Å². The van der Waals surface area contributed by atoms with Gasteiger partial charge in [0.1, 0.15) is 11.8 Å². The molecule has 0 aromatic heterocycles. The highest BCUT2D eigenvalue weighted by atomic mass is 16.5. The van der Waals surface area contributed by atoms with Gasteiger partial charge in [-0.05, 0) is 53.4 Å². The van der Waals surface area contributed by atoms with E-state index in [1.165, 1.54) is 37.3 Å². The molecule has 0 saturated heterocycles. The van der Waals surface area contributed by atoms with Crippen molar-refractivity contribution >= 4 is 41.0 Å². The van der Waals surface area contributed by atoms with Crippen molar-refractivity contribution in [2.24, 2.45) is 0 Å². The Balaban J connectivity index is 1.91. The first-order valence-corrected chi connectivity index (χ1v) is 12.7. The van der Waals surface area contributed by atoms with E-state index < -0.39 is 35.7 Å². The van der Waals surface area contributed by atoms with E-state index in [4.69, 9.17) is 4.74 Å². The predicted octanol–water partition coefficient (Wildman–Crippen LogP) is 3.07. The van der Waals surface area contributed by atoms with Crippen LogP contribution in [0.1, 0.15) is 40.9 Å². The Morgan fingerprint density at radius 3 is 2.15 bits per heavy atom. The molecule has 0 aliphatic carbocycles. The largest absolute Gasteiger partial charge is 0.497 e. The number of para-hydroxylation sites is 1. The summed E-state index contributed by atoms with van der Waals surface area (Å²) in [6.07, 6.45) is 0.468. The Hall–Kier alpha value is -5.19. The zero-order valence-electron chi connectivity index (χ0n) is 22.8. The number of aryl methyl sites for hydroxylation is 1. The first-order chi connectivity index (χ1) is 19.5. The molecule has 3 amide bonds.